The Bertz CT molecular complexity index is 500. The van der Waals surface area contributed by atoms with Crippen LogP contribution in [-0.4, -0.2) is 17.6 Å². The number of aromatic amines is 1. The van der Waals surface area contributed by atoms with Gasteiger partial charge in [0, 0.05) is 17.1 Å². The highest BCUT2D eigenvalue weighted by molar-refractivity contribution is 6.04. The monoisotopic (exact) mass is 233 g/mol. The number of aryl methyl sites for hydroxylation is 1. The van der Waals surface area contributed by atoms with E-state index >= 15 is 0 Å². The first-order chi connectivity index (χ1) is 8.22. The maximum absolute atomic E-state index is 11.7. The summed E-state index contributed by atoms with van der Waals surface area (Å²) < 4.78 is 5.01. The van der Waals surface area contributed by atoms with Crippen molar-refractivity contribution in [2.75, 3.05) is 6.61 Å². The van der Waals surface area contributed by atoms with Gasteiger partial charge in [0.15, 0.2) is 0 Å². The van der Waals surface area contributed by atoms with E-state index in [4.69, 9.17) is 4.74 Å². The van der Waals surface area contributed by atoms with Crippen LogP contribution in [0.3, 0.4) is 0 Å². The summed E-state index contributed by atoms with van der Waals surface area (Å²) in [4.78, 5) is 14.8. The first-order valence-corrected chi connectivity index (χ1v) is 5.97. The molecule has 0 spiro atoms. The number of carbonyl (C=O) groups is 1. The lowest BCUT2D eigenvalue weighted by Crippen LogP contribution is -2.05. The van der Waals surface area contributed by atoms with E-state index in [9.17, 15) is 4.79 Å². The summed E-state index contributed by atoms with van der Waals surface area (Å²) in [7, 11) is 0. The molecule has 0 fully saturated rings. The lowest BCUT2D eigenvalue weighted by atomic mass is 10.1. The van der Waals surface area contributed by atoms with E-state index < -0.39 is 0 Å². The van der Waals surface area contributed by atoms with Gasteiger partial charge in [-0.15, -0.1) is 0 Å². The molecule has 92 valence electrons. The maximum Gasteiger partial charge on any atom is 0.338 e. The highest BCUT2D eigenvalue weighted by Gasteiger charge is 2.11. The Morgan fingerprint density at radius 2 is 2.06 bits per heavy atom. The predicted octanol–water partition coefficient (Wildman–Crippen LogP) is 3.68. The molecule has 0 aliphatic heterocycles. The van der Waals surface area contributed by atoms with Gasteiger partial charge < -0.3 is 9.72 Å². The number of carbonyl (C=O) groups excluding carboxylic acids is 1. The molecule has 0 aliphatic carbocycles. The molecule has 0 radical (unpaired) electrons. The topological polar surface area (TPSA) is 42.1 Å². The molecule has 0 aliphatic rings. The van der Waals surface area contributed by atoms with Gasteiger partial charge in [0.25, 0.3) is 0 Å². The largest absolute Gasteiger partial charge is 0.462 e. The second-order valence-electron chi connectivity index (χ2n) is 3.47. The fraction of sp³-hybridized carbons (Fsp3) is 0.357. The Labute approximate surface area is 102 Å². The quantitative estimate of drug-likeness (QED) is 0.804. The number of hydrogen-bond acceptors (Lipinski definition) is 2. The first kappa shape index (κ1) is 13.3. The molecule has 3 nitrogen and oxygen atoms in total. The number of ether oxygens (including phenoxy) is 1. The number of nitrogens with one attached hydrogen (secondary N) is 1. The summed E-state index contributed by atoms with van der Waals surface area (Å²) >= 11 is 0. The van der Waals surface area contributed by atoms with Gasteiger partial charge in [-0.25, -0.2) is 4.79 Å². The zero-order chi connectivity index (χ0) is 12.8. The predicted molar refractivity (Wildman–Crippen MR) is 70.3 cm³/mol. The van der Waals surface area contributed by atoms with Crippen molar-refractivity contribution in [1.29, 1.82) is 0 Å². The van der Waals surface area contributed by atoms with Crippen LogP contribution in [-0.2, 0) is 4.74 Å². The number of esters is 1. The molecular formula is C14H19NO2. The van der Waals surface area contributed by atoms with E-state index in [1.54, 1.807) is 0 Å². The second-order valence-corrected chi connectivity index (χ2v) is 3.47. The number of hydrogen-bond donors (Lipinski definition) is 1. The minimum Gasteiger partial charge on any atom is -0.462 e. The van der Waals surface area contributed by atoms with Crippen LogP contribution in [0.1, 0.15) is 36.7 Å². The summed E-state index contributed by atoms with van der Waals surface area (Å²) in [5, 5.41) is 0.916. The van der Waals surface area contributed by atoms with Gasteiger partial charge in [-0.1, -0.05) is 13.8 Å². The highest BCUT2D eigenvalue weighted by Crippen LogP contribution is 2.20. The first-order valence-electron chi connectivity index (χ1n) is 5.97. The molecule has 3 heteroatoms. The van der Waals surface area contributed by atoms with Crippen LogP contribution in [0.5, 0.6) is 0 Å². The third kappa shape index (κ3) is 2.87. The molecular weight excluding hydrogens is 214 g/mol. The Kier molecular flexibility index (Phi) is 4.76. The van der Waals surface area contributed by atoms with Crippen molar-refractivity contribution in [1.82, 2.24) is 4.98 Å². The second kappa shape index (κ2) is 6.09. The fourth-order valence-corrected chi connectivity index (χ4v) is 1.69. The number of benzene rings is 1. The zero-order valence-corrected chi connectivity index (χ0v) is 10.8. The molecule has 17 heavy (non-hydrogen) atoms. The molecule has 1 N–H and O–H groups in total. The smallest absolute Gasteiger partial charge is 0.338 e. The van der Waals surface area contributed by atoms with Crippen molar-refractivity contribution in [2.45, 2.75) is 27.7 Å². The molecule has 1 heterocycles. The molecule has 2 aromatic rings. The van der Waals surface area contributed by atoms with Gasteiger partial charge in [0.05, 0.1) is 12.2 Å². The van der Waals surface area contributed by atoms with E-state index in [0.29, 0.717) is 12.2 Å². The highest BCUT2D eigenvalue weighted by atomic mass is 16.5. The SMILES string of the molecule is CC.CCOC(=O)c1cc(C)cc2[nH]ccc12. The summed E-state index contributed by atoms with van der Waals surface area (Å²) in [6.07, 6.45) is 1.83. The van der Waals surface area contributed by atoms with Crippen LogP contribution >= 0.6 is 0 Å². The number of fused-ring (bicyclic) bond motifs is 1. The van der Waals surface area contributed by atoms with E-state index in [0.717, 1.165) is 16.5 Å². The molecule has 0 unspecified atom stereocenters. The van der Waals surface area contributed by atoms with Crippen molar-refractivity contribution in [3.8, 4) is 0 Å². The van der Waals surface area contributed by atoms with Crippen molar-refractivity contribution < 1.29 is 9.53 Å². The van der Waals surface area contributed by atoms with Gasteiger partial charge in [0.2, 0.25) is 0 Å². The standard InChI is InChI=1S/C12H13NO2.C2H6/c1-3-15-12(14)10-6-8(2)7-11-9(10)4-5-13-11;1-2/h4-7,13H,3H2,1-2H3;1-2H3. The minimum absolute atomic E-state index is 0.259. The molecule has 0 amide bonds. The molecule has 1 aromatic heterocycles. The van der Waals surface area contributed by atoms with Crippen LogP contribution in [0.2, 0.25) is 0 Å². The van der Waals surface area contributed by atoms with Crippen molar-refractivity contribution in [2.24, 2.45) is 0 Å². The number of H-pyrrole nitrogens is 1. The van der Waals surface area contributed by atoms with Crippen molar-refractivity contribution >= 4 is 16.9 Å². The summed E-state index contributed by atoms with van der Waals surface area (Å²) in [6, 6.07) is 5.76. The van der Waals surface area contributed by atoms with Gasteiger partial charge in [-0.3, -0.25) is 0 Å². The van der Waals surface area contributed by atoms with E-state index in [1.165, 1.54) is 0 Å². The molecule has 0 saturated heterocycles. The number of aromatic nitrogens is 1. The van der Waals surface area contributed by atoms with Gasteiger partial charge in [-0.05, 0) is 37.6 Å². The molecule has 0 saturated carbocycles. The Morgan fingerprint density at radius 3 is 2.71 bits per heavy atom. The average molecular weight is 233 g/mol. The maximum atomic E-state index is 11.7. The van der Waals surface area contributed by atoms with Gasteiger partial charge in [0.1, 0.15) is 0 Å². The van der Waals surface area contributed by atoms with E-state index in [-0.39, 0.29) is 5.97 Å². The summed E-state index contributed by atoms with van der Waals surface area (Å²) in [6.45, 7) is 8.17. The summed E-state index contributed by atoms with van der Waals surface area (Å²) in [5.74, 6) is -0.259. The normalized spacial score (nSPS) is 9.65. The van der Waals surface area contributed by atoms with Crippen molar-refractivity contribution in [3.63, 3.8) is 0 Å². The van der Waals surface area contributed by atoms with E-state index in [2.05, 4.69) is 4.98 Å². The Morgan fingerprint density at radius 1 is 1.35 bits per heavy atom. The van der Waals surface area contributed by atoms with Gasteiger partial charge in [-0.2, -0.15) is 0 Å². The van der Waals surface area contributed by atoms with Crippen LogP contribution in [0.15, 0.2) is 24.4 Å². The Balaban J connectivity index is 0.000000686. The molecule has 0 atom stereocenters. The lowest BCUT2D eigenvalue weighted by molar-refractivity contribution is 0.0528. The molecule has 2 rings (SSSR count). The average Bonchev–Trinajstić information content (AvgIpc) is 2.78. The molecule has 1 aromatic carbocycles. The summed E-state index contributed by atoms with van der Waals surface area (Å²) in [5.41, 5.74) is 2.65. The van der Waals surface area contributed by atoms with Crippen LogP contribution in [0.25, 0.3) is 10.9 Å². The molecule has 0 bridgehead atoms. The van der Waals surface area contributed by atoms with Crippen LogP contribution < -0.4 is 0 Å². The van der Waals surface area contributed by atoms with Crippen molar-refractivity contribution in [3.05, 3.63) is 35.5 Å². The third-order valence-corrected chi connectivity index (χ3v) is 2.31. The zero-order valence-electron chi connectivity index (χ0n) is 10.8. The number of rotatable bonds is 2. The van der Waals surface area contributed by atoms with E-state index in [1.807, 2.05) is 52.1 Å². The third-order valence-electron chi connectivity index (χ3n) is 2.31. The van der Waals surface area contributed by atoms with Gasteiger partial charge >= 0.3 is 5.97 Å². The van der Waals surface area contributed by atoms with Crippen LogP contribution in [0, 0.1) is 6.92 Å². The van der Waals surface area contributed by atoms with Crippen LogP contribution in [0.4, 0.5) is 0 Å². The minimum atomic E-state index is -0.259. The lowest BCUT2D eigenvalue weighted by Gasteiger charge is -2.04. The Hall–Kier alpha value is -1.77. The fourth-order valence-electron chi connectivity index (χ4n) is 1.69.